The summed E-state index contributed by atoms with van der Waals surface area (Å²) in [5.41, 5.74) is 4.62. The molecular formula is C17H20ClNO2. The molecule has 0 unspecified atom stereocenters. The maximum absolute atomic E-state index is 6.26. The zero-order chi connectivity index (χ0) is 15.4. The molecular weight excluding hydrogens is 286 g/mol. The van der Waals surface area contributed by atoms with Gasteiger partial charge in [-0.15, -0.1) is 0 Å². The molecule has 0 amide bonds. The third-order valence-electron chi connectivity index (χ3n) is 3.53. The van der Waals surface area contributed by atoms with Gasteiger partial charge in [0, 0.05) is 18.7 Å². The van der Waals surface area contributed by atoms with Crippen LogP contribution in [-0.4, -0.2) is 14.2 Å². The van der Waals surface area contributed by atoms with Crippen LogP contribution in [0.15, 0.2) is 30.3 Å². The van der Waals surface area contributed by atoms with E-state index in [2.05, 4.69) is 37.4 Å². The van der Waals surface area contributed by atoms with Crippen LogP contribution in [0.1, 0.15) is 16.7 Å². The van der Waals surface area contributed by atoms with E-state index in [1.807, 2.05) is 6.07 Å². The van der Waals surface area contributed by atoms with Crippen LogP contribution >= 0.6 is 11.6 Å². The number of hydrogen-bond donors (Lipinski definition) is 1. The number of aryl methyl sites for hydroxylation is 2. The summed E-state index contributed by atoms with van der Waals surface area (Å²) in [4.78, 5) is 0. The molecule has 0 saturated carbocycles. The lowest BCUT2D eigenvalue weighted by Gasteiger charge is -2.14. The second-order valence-corrected chi connectivity index (χ2v) is 5.37. The summed E-state index contributed by atoms with van der Waals surface area (Å²) in [6, 6.07) is 10.0. The highest BCUT2D eigenvalue weighted by Crippen LogP contribution is 2.36. The third-order valence-corrected chi connectivity index (χ3v) is 3.84. The molecule has 0 bridgehead atoms. The normalized spacial score (nSPS) is 10.3. The molecule has 2 rings (SSSR count). The van der Waals surface area contributed by atoms with Crippen molar-refractivity contribution < 1.29 is 9.47 Å². The number of halogens is 1. The average Bonchev–Trinajstić information content (AvgIpc) is 2.49. The van der Waals surface area contributed by atoms with Gasteiger partial charge in [0.1, 0.15) is 0 Å². The fraction of sp³-hybridized carbons (Fsp3) is 0.294. The van der Waals surface area contributed by atoms with E-state index >= 15 is 0 Å². The minimum absolute atomic E-state index is 0.608. The van der Waals surface area contributed by atoms with Crippen LogP contribution in [0.3, 0.4) is 0 Å². The lowest BCUT2D eigenvalue weighted by molar-refractivity contribution is 0.355. The van der Waals surface area contributed by atoms with E-state index in [1.165, 1.54) is 16.7 Å². The largest absolute Gasteiger partial charge is 0.493 e. The second kappa shape index (κ2) is 6.72. The number of benzene rings is 2. The van der Waals surface area contributed by atoms with Crippen molar-refractivity contribution in [1.29, 1.82) is 0 Å². The van der Waals surface area contributed by atoms with Gasteiger partial charge in [-0.25, -0.2) is 0 Å². The first kappa shape index (κ1) is 15.5. The molecule has 0 heterocycles. The minimum atomic E-state index is 0.608. The number of rotatable bonds is 5. The van der Waals surface area contributed by atoms with Gasteiger partial charge in [-0.2, -0.15) is 0 Å². The van der Waals surface area contributed by atoms with E-state index in [4.69, 9.17) is 21.1 Å². The molecule has 3 nitrogen and oxygen atoms in total. The Morgan fingerprint density at radius 1 is 0.952 bits per heavy atom. The van der Waals surface area contributed by atoms with Gasteiger partial charge in [0.15, 0.2) is 11.5 Å². The Kier molecular flexibility index (Phi) is 4.97. The van der Waals surface area contributed by atoms with E-state index in [1.54, 1.807) is 20.3 Å². The molecule has 0 radical (unpaired) electrons. The average molecular weight is 306 g/mol. The summed E-state index contributed by atoms with van der Waals surface area (Å²) in [6.07, 6.45) is 0. The van der Waals surface area contributed by atoms with Gasteiger partial charge in [0.05, 0.1) is 24.9 Å². The topological polar surface area (TPSA) is 30.5 Å². The van der Waals surface area contributed by atoms with Crippen molar-refractivity contribution in [2.45, 2.75) is 20.4 Å². The quantitative estimate of drug-likeness (QED) is 0.876. The maximum Gasteiger partial charge on any atom is 0.162 e. The monoisotopic (exact) mass is 305 g/mol. The smallest absolute Gasteiger partial charge is 0.162 e. The van der Waals surface area contributed by atoms with Gasteiger partial charge >= 0.3 is 0 Å². The Hall–Kier alpha value is -1.87. The summed E-state index contributed by atoms with van der Waals surface area (Å²) in [6.45, 7) is 4.93. The Balaban J connectivity index is 2.17. The molecule has 0 atom stereocenters. The summed E-state index contributed by atoms with van der Waals surface area (Å²) >= 11 is 6.26. The molecule has 0 aliphatic rings. The molecule has 0 spiro atoms. The van der Waals surface area contributed by atoms with Gasteiger partial charge in [-0.3, -0.25) is 0 Å². The zero-order valence-electron chi connectivity index (χ0n) is 12.8. The number of anilines is 1. The fourth-order valence-corrected chi connectivity index (χ4v) is 2.32. The highest BCUT2D eigenvalue weighted by atomic mass is 35.5. The van der Waals surface area contributed by atoms with Crippen LogP contribution in [-0.2, 0) is 6.54 Å². The SMILES string of the molecule is COc1cc(Cl)c(NCc2ccc(C)c(C)c2)cc1OC. The predicted molar refractivity (Wildman–Crippen MR) is 87.8 cm³/mol. The number of nitrogens with one attached hydrogen (secondary N) is 1. The molecule has 21 heavy (non-hydrogen) atoms. The lowest BCUT2D eigenvalue weighted by atomic mass is 10.1. The standard InChI is InChI=1S/C17H20ClNO2/c1-11-5-6-13(7-12(11)2)10-19-15-9-17(21-4)16(20-3)8-14(15)18/h5-9,19H,10H2,1-4H3. The number of ether oxygens (including phenoxy) is 2. The van der Waals surface area contributed by atoms with Gasteiger partial charge < -0.3 is 14.8 Å². The van der Waals surface area contributed by atoms with Crippen molar-refractivity contribution in [2.75, 3.05) is 19.5 Å². The number of hydrogen-bond acceptors (Lipinski definition) is 3. The summed E-state index contributed by atoms with van der Waals surface area (Å²) < 4.78 is 10.5. The van der Waals surface area contributed by atoms with E-state index in [9.17, 15) is 0 Å². The molecule has 2 aromatic rings. The van der Waals surface area contributed by atoms with E-state index in [-0.39, 0.29) is 0 Å². The fourth-order valence-electron chi connectivity index (χ4n) is 2.10. The summed E-state index contributed by atoms with van der Waals surface area (Å²) in [7, 11) is 3.20. The Morgan fingerprint density at radius 3 is 2.24 bits per heavy atom. The van der Waals surface area contributed by atoms with Crippen molar-refractivity contribution in [1.82, 2.24) is 0 Å². The van der Waals surface area contributed by atoms with Crippen molar-refractivity contribution >= 4 is 17.3 Å². The maximum atomic E-state index is 6.26. The van der Waals surface area contributed by atoms with Crippen molar-refractivity contribution in [3.05, 3.63) is 52.0 Å². The van der Waals surface area contributed by atoms with Crippen molar-refractivity contribution in [3.8, 4) is 11.5 Å². The summed E-state index contributed by atoms with van der Waals surface area (Å²) in [5.74, 6) is 1.28. The molecule has 2 aromatic carbocycles. The second-order valence-electron chi connectivity index (χ2n) is 4.96. The highest BCUT2D eigenvalue weighted by molar-refractivity contribution is 6.33. The molecule has 0 fully saturated rings. The molecule has 0 aliphatic heterocycles. The first-order chi connectivity index (χ1) is 10.0. The Labute approximate surface area is 130 Å². The molecule has 0 aliphatic carbocycles. The third kappa shape index (κ3) is 3.61. The van der Waals surface area contributed by atoms with Gasteiger partial charge in [-0.1, -0.05) is 29.8 Å². The van der Waals surface area contributed by atoms with Crippen LogP contribution in [0.5, 0.6) is 11.5 Å². The van der Waals surface area contributed by atoms with Crippen LogP contribution < -0.4 is 14.8 Å². The summed E-state index contributed by atoms with van der Waals surface area (Å²) in [5, 5.41) is 3.94. The lowest BCUT2D eigenvalue weighted by Crippen LogP contribution is -2.02. The molecule has 0 aromatic heterocycles. The molecule has 4 heteroatoms. The van der Waals surface area contributed by atoms with Gasteiger partial charge in [-0.05, 0) is 30.5 Å². The van der Waals surface area contributed by atoms with Crippen LogP contribution in [0.2, 0.25) is 5.02 Å². The zero-order valence-corrected chi connectivity index (χ0v) is 13.5. The van der Waals surface area contributed by atoms with Crippen LogP contribution in [0.25, 0.3) is 0 Å². The highest BCUT2D eigenvalue weighted by Gasteiger charge is 2.09. The van der Waals surface area contributed by atoms with Crippen LogP contribution in [0, 0.1) is 13.8 Å². The molecule has 1 N–H and O–H groups in total. The first-order valence-electron chi connectivity index (χ1n) is 6.76. The van der Waals surface area contributed by atoms with Crippen molar-refractivity contribution in [2.24, 2.45) is 0 Å². The molecule has 0 saturated heterocycles. The van der Waals surface area contributed by atoms with E-state index < -0.39 is 0 Å². The van der Waals surface area contributed by atoms with E-state index in [0.717, 1.165) is 5.69 Å². The Morgan fingerprint density at radius 2 is 1.62 bits per heavy atom. The Bertz CT molecular complexity index is 641. The van der Waals surface area contributed by atoms with Gasteiger partial charge in [0.2, 0.25) is 0 Å². The van der Waals surface area contributed by atoms with Crippen LogP contribution in [0.4, 0.5) is 5.69 Å². The van der Waals surface area contributed by atoms with E-state index in [0.29, 0.717) is 23.1 Å². The first-order valence-corrected chi connectivity index (χ1v) is 7.14. The number of methoxy groups -OCH3 is 2. The van der Waals surface area contributed by atoms with Gasteiger partial charge in [0.25, 0.3) is 0 Å². The van der Waals surface area contributed by atoms with Crippen molar-refractivity contribution in [3.63, 3.8) is 0 Å². The predicted octanol–water partition coefficient (Wildman–Crippen LogP) is 4.59. The molecule has 112 valence electrons. The minimum Gasteiger partial charge on any atom is -0.493 e.